The van der Waals surface area contributed by atoms with Crippen LogP contribution in [0.3, 0.4) is 0 Å². The van der Waals surface area contributed by atoms with Crippen molar-refractivity contribution in [3.8, 4) is 23.0 Å². The molecule has 0 amide bonds. The Labute approximate surface area is 245 Å². The van der Waals surface area contributed by atoms with Gasteiger partial charge in [-0.1, -0.05) is 48.5 Å². The van der Waals surface area contributed by atoms with Crippen LogP contribution in [0, 0.1) is 0 Å². The van der Waals surface area contributed by atoms with E-state index in [4.69, 9.17) is 9.47 Å². The van der Waals surface area contributed by atoms with Crippen LogP contribution < -0.4 is 24.2 Å². The minimum Gasteiger partial charge on any atom is -0.453 e. The minimum atomic E-state index is 0.850. The van der Waals surface area contributed by atoms with Gasteiger partial charge in [-0.3, -0.25) is 0 Å². The van der Waals surface area contributed by atoms with Gasteiger partial charge in [0.15, 0.2) is 23.0 Å². The second-order valence-electron chi connectivity index (χ2n) is 10.3. The molecule has 2 heterocycles. The molecule has 0 unspecified atom stereocenters. The summed E-state index contributed by atoms with van der Waals surface area (Å²) in [6.45, 7) is 0. The van der Waals surface area contributed by atoms with Crippen molar-refractivity contribution in [2.75, 3.05) is 21.7 Å². The number of anilines is 8. The van der Waals surface area contributed by atoms with Crippen LogP contribution >= 0.6 is 0 Å². The summed E-state index contributed by atoms with van der Waals surface area (Å²) in [4.78, 5) is 6.71. The van der Waals surface area contributed by atoms with Crippen molar-refractivity contribution in [2.24, 2.45) is 0 Å². The molecular formula is C37H27N3O2. The van der Waals surface area contributed by atoms with Crippen molar-refractivity contribution in [2.45, 2.75) is 0 Å². The maximum Gasteiger partial charge on any atom is 0.151 e. The molecule has 2 aliphatic heterocycles. The lowest BCUT2D eigenvalue weighted by molar-refractivity contribution is 0.477. The normalized spacial score (nSPS) is 12.7. The molecule has 0 aliphatic carbocycles. The van der Waals surface area contributed by atoms with Gasteiger partial charge in [-0.25, -0.2) is 0 Å². The number of ether oxygens (including phenoxy) is 2. The molecule has 0 saturated carbocycles. The molecule has 42 heavy (non-hydrogen) atoms. The van der Waals surface area contributed by atoms with Gasteiger partial charge in [0.05, 0.1) is 22.7 Å². The van der Waals surface area contributed by atoms with Crippen LogP contribution in [-0.2, 0) is 0 Å². The van der Waals surface area contributed by atoms with E-state index < -0.39 is 0 Å². The third kappa shape index (κ3) is 3.94. The van der Waals surface area contributed by atoms with E-state index in [1.807, 2.05) is 72.8 Å². The Morgan fingerprint density at radius 1 is 0.381 bits per heavy atom. The molecule has 5 nitrogen and oxygen atoms in total. The Morgan fingerprint density at radius 2 is 0.667 bits per heavy atom. The Kier molecular flexibility index (Phi) is 5.61. The second kappa shape index (κ2) is 9.75. The van der Waals surface area contributed by atoms with Crippen molar-refractivity contribution < 1.29 is 9.47 Å². The summed E-state index contributed by atoms with van der Waals surface area (Å²) in [7, 11) is 2.10. The Balaban J connectivity index is 1.09. The number of hydrogen-bond acceptors (Lipinski definition) is 5. The van der Waals surface area contributed by atoms with E-state index in [0.29, 0.717) is 0 Å². The van der Waals surface area contributed by atoms with E-state index in [2.05, 4.69) is 94.5 Å². The first-order valence-electron chi connectivity index (χ1n) is 14.0. The van der Waals surface area contributed by atoms with E-state index in [1.54, 1.807) is 0 Å². The van der Waals surface area contributed by atoms with Gasteiger partial charge in [0.2, 0.25) is 0 Å². The molecule has 0 aromatic heterocycles. The predicted octanol–water partition coefficient (Wildman–Crippen LogP) is 10.6. The van der Waals surface area contributed by atoms with Crippen molar-refractivity contribution in [3.05, 3.63) is 146 Å². The van der Waals surface area contributed by atoms with Gasteiger partial charge >= 0.3 is 0 Å². The fourth-order valence-electron chi connectivity index (χ4n) is 5.77. The van der Waals surface area contributed by atoms with Crippen LogP contribution in [0.4, 0.5) is 45.5 Å². The lowest BCUT2D eigenvalue weighted by Crippen LogP contribution is -2.16. The van der Waals surface area contributed by atoms with E-state index in [1.165, 1.54) is 0 Å². The first kappa shape index (κ1) is 24.1. The van der Waals surface area contributed by atoms with Crippen molar-refractivity contribution in [1.82, 2.24) is 0 Å². The highest BCUT2D eigenvalue weighted by Gasteiger charge is 2.26. The molecule has 0 fully saturated rings. The van der Waals surface area contributed by atoms with Gasteiger partial charge in [0.1, 0.15) is 0 Å². The summed E-state index contributed by atoms with van der Waals surface area (Å²) in [6.07, 6.45) is 0. The Bertz CT molecular complexity index is 1690. The second-order valence-corrected chi connectivity index (χ2v) is 10.3. The third-order valence-corrected chi connectivity index (χ3v) is 7.85. The van der Waals surface area contributed by atoms with Gasteiger partial charge in [0, 0.05) is 29.8 Å². The van der Waals surface area contributed by atoms with Crippen LogP contribution in [0.2, 0.25) is 0 Å². The lowest BCUT2D eigenvalue weighted by Gasteiger charge is -2.33. The van der Waals surface area contributed by atoms with Gasteiger partial charge in [-0.15, -0.1) is 0 Å². The molecule has 0 radical (unpaired) electrons. The van der Waals surface area contributed by atoms with Gasteiger partial charge < -0.3 is 24.2 Å². The molecule has 0 N–H and O–H groups in total. The van der Waals surface area contributed by atoms with E-state index in [0.717, 1.165) is 68.5 Å². The highest BCUT2D eigenvalue weighted by atomic mass is 16.5. The van der Waals surface area contributed by atoms with Crippen LogP contribution in [0.25, 0.3) is 0 Å². The Hall–Kier alpha value is -5.68. The van der Waals surface area contributed by atoms with Gasteiger partial charge in [-0.2, -0.15) is 0 Å². The molecule has 2 aliphatic rings. The van der Waals surface area contributed by atoms with E-state index in [-0.39, 0.29) is 0 Å². The highest BCUT2D eigenvalue weighted by Crippen LogP contribution is 2.51. The maximum atomic E-state index is 6.18. The summed E-state index contributed by atoms with van der Waals surface area (Å²) < 4.78 is 12.4. The minimum absolute atomic E-state index is 0.850. The topological polar surface area (TPSA) is 28.2 Å². The van der Waals surface area contributed by atoms with Crippen LogP contribution in [-0.4, -0.2) is 7.05 Å². The van der Waals surface area contributed by atoms with Crippen LogP contribution in [0.15, 0.2) is 146 Å². The van der Waals surface area contributed by atoms with Crippen molar-refractivity contribution in [3.63, 3.8) is 0 Å². The molecule has 6 aromatic carbocycles. The number of benzene rings is 6. The van der Waals surface area contributed by atoms with E-state index >= 15 is 0 Å². The SMILES string of the molecule is CN(c1ccc(N2c3ccccc3Oc3ccccc32)cc1)c1ccc(N2c3ccccc3Oc3ccccc32)cc1. The molecule has 6 aromatic rings. The monoisotopic (exact) mass is 545 g/mol. The predicted molar refractivity (Wildman–Crippen MR) is 170 cm³/mol. The molecular weight excluding hydrogens is 518 g/mol. The Morgan fingerprint density at radius 3 is 0.976 bits per heavy atom. The molecule has 0 bridgehead atoms. The van der Waals surface area contributed by atoms with Gasteiger partial charge in [0.25, 0.3) is 0 Å². The average molecular weight is 546 g/mol. The quantitative estimate of drug-likeness (QED) is 0.219. The van der Waals surface area contributed by atoms with Crippen molar-refractivity contribution >= 4 is 45.5 Å². The van der Waals surface area contributed by atoms with Crippen LogP contribution in [0.5, 0.6) is 23.0 Å². The molecule has 0 saturated heterocycles. The maximum absolute atomic E-state index is 6.18. The third-order valence-electron chi connectivity index (χ3n) is 7.85. The first-order valence-corrected chi connectivity index (χ1v) is 14.0. The molecule has 8 rings (SSSR count). The number of hydrogen-bond donors (Lipinski definition) is 0. The fraction of sp³-hybridized carbons (Fsp3) is 0.0270. The zero-order valence-corrected chi connectivity index (χ0v) is 23.0. The van der Waals surface area contributed by atoms with E-state index in [9.17, 15) is 0 Å². The number of para-hydroxylation sites is 8. The average Bonchev–Trinajstić information content (AvgIpc) is 3.06. The fourth-order valence-corrected chi connectivity index (χ4v) is 5.77. The summed E-state index contributed by atoms with van der Waals surface area (Å²) in [5, 5.41) is 0. The summed E-state index contributed by atoms with van der Waals surface area (Å²) >= 11 is 0. The number of fused-ring (bicyclic) bond motifs is 4. The molecule has 5 heteroatoms. The number of rotatable bonds is 4. The highest BCUT2D eigenvalue weighted by molar-refractivity contribution is 5.88. The smallest absolute Gasteiger partial charge is 0.151 e. The number of nitrogens with zero attached hydrogens (tertiary/aromatic N) is 3. The zero-order valence-electron chi connectivity index (χ0n) is 23.0. The summed E-state index contributed by atoms with van der Waals surface area (Å²) in [5.74, 6) is 3.40. The van der Waals surface area contributed by atoms with Gasteiger partial charge in [-0.05, 0) is 97.1 Å². The van der Waals surface area contributed by atoms with Crippen LogP contribution in [0.1, 0.15) is 0 Å². The first-order chi connectivity index (χ1) is 20.7. The summed E-state index contributed by atoms with van der Waals surface area (Å²) in [6, 6.07) is 50.0. The molecule has 0 spiro atoms. The zero-order chi connectivity index (χ0) is 28.0. The largest absolute Gasteiger partial charge is 0.453 e. The molecule has 202 valence electrons. The van der Waals surface area contributed by atoms with Crippen molar-refractivity contribution in [1.29, 1.82) is 0 Å². The lowest BCUT2D eigenvalue weighted by atomic mass is 10.1. The standard InChI is InChI=1S/C37H27N3O2/c1-38(26-18-22-28(23-19-26)39-30-10-2-6-14-34(30)41-35-15-7-3-11-31(35)39)27-20-24-29(25-21-27)40-32-12-4-8-16-36(32)42-37-17-9-5-13-33(37)40/h2-25H,1H3. The molecule has 0 atom stereocenters. The summed E-state index contributed by atoms with van der Waals surface area (Å²) in [5.41, 5.74) is 8.47.